The SMILES string of the molecule is O=C1CO[C@H](c2ccc(-c3ccccc3)cc2)CN1. The minimum atomic E-state index is -0.0443. The normalized spacial score (nSPS) is 18.9. The van der Waals surface area contributed by atoms with E-state index in [0.717, 1.165) is 5.56 Å². The van der Waals surface area contributed by atoms with Gasteiger partial charge < -0.3 is 10.1 Å². The molecular formula is C16H15NO2. The smallest absolute Gasteiger partial charge is 0.246 e. The van der Waals surface area contributed by atoms with E-state index in [9.17, 15) is 4.79 Å². The molecule has 1 N–H and O–H groups in total. The standard InChI is InChI=1S/C16H15NO2/c18-16-11-19-15(10-17-16)14-8-6-13(7-9-14)12-4-2-1-3-5-12/h1-9,15H,10-11H2,(H,17,18)/t15-/m0/s1. The fourth-order valence-corrected chi connectivity index (χ4v) is 2.23. The van der Waals surface area contributed by atoms with Crippen LogP contribution in [0, 0.1) is 0 Å². The fraction of sp³-hybridized carbons (Fsp3) is 0.188. The maximum absolute atomic E-state index is 11.0. The molecule has 2 aromatic carbocycles. The molecule has 0 unspecified atom stereocenters. The molecule has 1 atom stereocenters. The zero-order chi connectivity index (χ0) is 13.1. The molecular weight excluding hydrogens is 238 g/mol. The van der Waals surface area contributed by atoms with Gasteiger partial charge in [-0.05, 0) is 16.7 Å². The van der Waals surface area contributed by atoms with Crippen molar-refractivity contribution in [3.8, 4) is 11.1 Å². The molecule has 1 saturated heterocycles. The molecule has 1 amide bonds. The van der Waals surface area contributed by atoms with Crippen LogP contribution in [0.3, 0.4) is 0 Å². The van der Waals surface area contributed by atoms with Gasteiger partial charge in [0, 0.05) is 6.54 Å². The lowest BCUT2D eigenvalue weighted by molar-refractivity contribution is -0.133. The molecule has 0 spiro atoms. The quantitative estimate of drug-likeness (QED) is 0.893. The van der Waals surface area contributed by atoms with E-state index in [4.69, 9.17) is 4.74 Å². The highest BCUT2D eigenvalue weighted by Crippen LogP contribution is 2.24. The number of morpholine rings is 1. The molecule has 1 fully saturated rings. The average molecular weight is 253 g/mol. The van der Waals surface area contributed by atoms with E-state index in [2.05, 4.69) is 41.7 Å². The van der Waals surface area contributed by atoms with Gasteiger partial charge in [0.25, 0.3) is 0 Å². The molecule has 1 heterocycles. The van der Waals surface area contributed by atoms with Crippen LogP contribution in [-0.4, -0.2) is 19.1 Å². The van der Waals surface area contributed by atoms with Crippen LogP contribution in [0.2, 0.25) is 0 Å². The Morgan fingerprint density at radius 2 is 1.63 bits per heavy atom. The van der Waals surface area contributed by atoms with Crippen molar-refractivity contribution in [3.05, 3.63) is 60.2 Å². The molecule has 2 aromatic rings. The maximum atomic E-state index is 11.0. The Labute approximate surface area is 112 Å². The summed E-state index contributed by atoms with van der Waals surface area (Å²) in [6.07, 6.45) is -0.0393. The lowest BCUT2D eigenvalue weighted by Crippen LogP contribution is -2.38. The van der Waals surface area contributed by atoms with Crippen molar-refractivity contribution in [1.29, 1.82) is 0 Å². The van der Waals surface area contributed by atoms with Crippen LogP contribution >= 0.6 is 0 Å². The Kier molecular flexibility index (Phi) is 3.29. The van der Waals surface area contributed by atoms with E-state index in [0.29, 0.717) is 6.54 Å². The van der Waals surface area contributed by atoms with Gasteiger partial charge >= 0.3 is 0 Å². The first-order valence-corrected chi connectivity index (χ1v) is 6.36. The number of carbonyl (C=O) groups excluding carboxylic acids is 1. The molecule has 1 aliphatic rings. The number of hydrogen-bond acceptors (Lipinski definition) is 2. The van der Waals surface area contributed by atoms with Gasteiger partial charge in [0.05, 0.1) is 0 Å². The van der Waals surface area contributed by atoms with Crippen molar-refractivity contribution in [2.24, 2.45) is 0 Å². The summed E-state index contributed by atoms with van der Waals surface area (Å²) in [5.74, 6) is -0.0443. The lowest BCUT2D eigenvalue weighted by atomic mass is 10.0. The average Bonchev–Trinajstić information content (AvgIpc) is 2.49. The Balaban J connectivity index is 1.78. The molecule has 0 bridgehead atoms. The Morgan fingerprint density at radius 3 is 2.26 bits per heavy atom. The Hall–Kier alpha value is -2.13. The van der Waals surface area contributed by atoms with E-state index >= 15 is 0 Å². The molecule has 0 aromatic heterocycles. The molecule has 3 rings (SSSR count). The topological polar surface area (TPSA) is 38.3 Å². The second-order valence-electron chi connectivity index (χ2n) is 4.59. The van der Waals surface area contributed by atoms with Crippen molar-refractivity contribution in [1.82, 2.24) is 5.32 Å². The third-order valence-corrected chi connectivity index (χ3v) is 3.29. The second-order valence-corrected chi connectivity index (χ2v) is 4.59. The van der Waals surface area contributed by atoms with Gasteiger partial charge in [-0.3, -0.25) is 4.79 Å². The fourth-order valence-electron chi connectivity index (χ4n) is 2.23. The summed E-state index contributed by atoms with van der Waals surface area (Å²) in [5, 5.41) is 2.81. The van der Waals surface area contributed by atoms with Crippen LogP contribution in [0.15, 0.2) is 54.6 Å². The van der Waals surface area contributed by atoms with Gasteiger partial charge in [0.15, 0.2) is 0 Å². The first-order valence-electron chi connectivity index (χ1n) is 6.36. The van der Waals surface area contributed by atoms with Crippen LogP contribution in [-0.2, 0) is 9.53 Å². The molecule has 0 aliphatic carbocycles. The number of ether oxygens (including phenoxy) is 1. The van der Waals surface area contributed by atoms with E-state index in [1.54, 1.807) is 0 Å². The number of hydrogen-bond donors (Lipinski definition) is 1. The zero-order valence-electron chi connectivity index (χ0n) is 10.5. The van der Waals surface area contributed by atoms with Crippen LogP contribution < -0.4 is 5.32 Å². The number of amides is 1. The van der Waals surface area contributed by atoms with Crippen molar-refractivity contribution in [2.75, 3.05) is 13.2 Å². The Morgan fingerprint density at radius 1 is 0.947 bits per heavy atom. The maximum Gasteiger partial charge on any atom is 0.246 e. The summed E-state index contributed by atoms with van der Waals surface area (Å²) in [6.45, 7) is 0.689. The van der Waals surface area contributed by atoms with Crippen molar-refractivity contribution in [3.63, 3.8) is 0 Å². The minimum Gasteiger partial charge on any atom is -0.362 e. The van der Waals surface area contributed by atoms with E-state index in [1.807, 2.05) is 18.2 Å². The van der Waals surface area contributed by atoms with Crippen LogP contribution in [0.5, 0.6) is 0 Å². The van der Waals surface area contributed by atoms with Gasteiger partial charge in [-0.15, -0.1) is 0 Å². The van der Waals surface area contributed by atoms with Gasteiger partial charge in [-0.2, -0.15) is 0 Å². The van der Waals surface area contributed by atoms with Crippen molar-refractivity contribution in [2.45, 2.75) is 6.10 Å². The predicted octanol–water partition coefficient (Wildman–Crippen LogP) is 2.54. The largest absolute Gasteiger partial charge is 0.362 e. The zero-order valence-corrected chi connectivity index (χ0v) is 10.5. The lowest BCUT2D eigenvalue weighted by Gasteiger charge is -2.23. The van der Waals surface area contributed by atoms with E-state index in [1.165, 1.54) is 11.1 Å². The Bertz CT molecular complexity index is 553. The molecule has 19 heavy (non-hydrogen) atoms. The molecule has 0 radical (unpaired) electrons. The van der Waals surface area contributed by atoms with Gasteiger partial charge in [-0.25, -0.2) is 0 Å². The number of carbonyl (C=O) groups is 1. The summed E-state index contributed by atoms with van der Waals surface area (Å²) in [7, 11) is 0. The third kappa shape index (κ3) is 2.66. The summed E-state index contributed by atoms with van der Waals surface area (Å²) in [5.41, 5.74) is 3.48. The van der Waals surface area contributed by atoms with Gasteiger partial charge in [-0.1, -0.05) is 54.6 Å². The second kappa shape index (κ2) is 5.24. The van der Waals surface area contributed by atoms with Crippen LogP contribution in [0.1, 0.15) is 11.7 Å². The monoisotopic (exact) mass is 253 g/mol. The summed E-state index contributed by atoms with van der Waals surface area (Å²) in [6, 6.07) is 18.5. The van der Waals surface area contributed by atoms with Crippen LogP contribution in [0.25, 0.3) is 11.1 Å². The molecule has 3 heteroatoms. The van der Waals surface area contributed by atoms with Crippen LogP contribution in [0.4, 0.5) is 0 Å². The highest BCUT2D eigenvalue weighted by molar-refractivity contribution is 5.77. The number of nitrogens with one attached hydrogen (secondary N) is 1. The van der Waals surface area contributed by atoms with Gasteiger partial charge in [0.2, 0.25) is 5.91 Å². The summed E-state index contributed by atoms with van der Waals surface area (Å²) >= 11 is 0. The molecule has 0 saturated carbocycles. The third-order valence-electron chi connectivity index (χ3n) is 3.29. The predicted molar refractivity (Wildman–Crippen MR) is 73.6 cm³/mol. The molecule has 1 aliphatic heterocycles. The van der Waals surface area contributed by atoms with Crippen molar-refractivity contribution >= 4 is 5.91 Å². The molecule has 3 nitrogen and oxygen atoms in total. The van der Waals surface area contributed by atoms with E-state index < -0.39 is 0 Å². The van der Waals surface area contributed by atoms with Crippen molar-refractivity contribution < 1.29 is 9.53 Å². The first kappa shape index (κ1) is 11.9. The minimum absolute atomic E-state index is 0.0393. The highest BCUT2D eigenvalue weighted by atomic mass is 16.5. The number of rotatable bonds is 2. The van der Waals surface area contributed by atoms with Gasteiger partial charge in [0.1, 0.15) is 12.7 Å². The number of benzene rings is 2. The summed E-state index contributed by atoms with van der Waals surface area (Å²) < 4.78 is 5.51. The van der Waals surface area contributed by atoms with E-state index in [-0.39, 0.29) is 18.6 Å². The highest BCUT2D eigenvalue weighted by Gasteiger charge is 2.19. The summed E-state index contributed by atoms with van der Waals surface area (Å²) in [4.78, 5) is 11.0. The first-order chi connectivity index (χ1) is 9.33. The molecule has 96 valence electrons.